The lowest BCUT2D eigenvalue weighted by Crippen LogP contribution is -2.43. The molecule has 3 heteroatoms. The zero-order chi connectivity index (χ0) is 12.3. The summed E-state index contributed by atoms with van der Waals surface area (Å²) in [5.41, 5.74) is 1.10. The van der Waals surface area contributed by atoms with E-state index in [1.807, 2.05) is 24.3 Å². The van der Waals surface area contributed by atoms with Crippen molar-refractivity contribution in [1.82, 2.24) is 5.32 Å². The molecule has 94 valence electrons. The van der Waals surface area contributed by atoms with E-state index in [-0.39, 0.29) is 18.2 Å². The van der Waals surface area contributed by atoms with Crippen LogP contribution < -0.4 is 5.32 Å². The van der Waals surface area contributed by atoms with E-state index < -0.39 is 0 Å². The molecule has 3 atom stereocenters. The van der Waals surface area contributed by atoms with Crippen LogP contribution in [0.3, 0.4) is 0 Å². The van der Waals surface area contributed by atoms with Gasteiger partial charge in [-0.25, -0.2) is 0 Å². The topological polar surface area (TPSA) is 32.3 Å². The van der Waals surface area contributed by atoms with E-state index in [2.05, 4.69) is 12.2 Å². The second-order valence-electron chi connectivity index (χ2n) is 4.87. The van der Waals surface area contributed by atoms with Crippen LogP contribution in [0.2, 0.25) is 5.02 Å². The summed E-state index contributed by atoms with van der Waals surface area (Å²) in [5, 5.41) is 14.2. The Balaban J connectivity index is 2.01. The number of benzene rings is 1. The van der Waals surface area contributed by atoms with E-state index in [1.54, 1.807) is 0 Å². The van der Waals surface area contributed by atoms with Gasteiger partial charge in [0.2, 0.25) is 0 Å². The van der Waals surface area contributed by atoms with Crippen LogP contribution >= 0.6 is 11.6 Å². The molecule has 1 saturated carbocycles. The summed E-state index contributed by atoms with van der Waals surface area (Å²) < 4.78 is 0. The number of aliphatic hydroxyl groups excluding tert-OH is 1. The third kappa shape index (κ3) is 3.21. The van der Waals surface area contributed by atoms with Crippen LogP contribution in [0.4, 0.5) is 0 Å². The van der Waals surface area contributed by atoms with E-state index >= 15 is 0 Å². The standard InChI is InChI=1S/C14H20ClNO/c1-10(11-6-2-3-7-12(11)15)16-13-8-4-5-9-14(13)17/h2-3,6-7,10,13-14,16-17H,4-5,8-9H2,1H3/t10-,13+,14+/m1/s1. The van der Waals surface area contributed by atoms with Gasteiger partial charge in [-0.05, 0) is 31.4 Å². The lowest BCUT2D eigenvalue weighted by atomic mass is 9.91. The first-order valence-electron chi connectivity index (χ1n) is 6.37. The Hall–Kier alpha value is -0.570. The lowest BCUT2D eigenvalue weighted by Gasteiger charge is -2.31. The number of halogens is 1. The molecule has 1 aromatic rings. The number of nitrogens with one attached hydrogen (secondary N) is 1. The molecule has 0 aromatic heterocycles. The predicted octanol–water partition coefficient (Wildman–Crippen LogP) is 3.29. The van der Waals surface area contributed by atoms with Crippen molar-refractivity contribution in [3.8, 4) is 0 Å². The Bertz CT molecular complexity index is 369. The van der Waals surface area contributed by atoms with Crippen molar-refractivity contribution >= 4 is 11.6 Å². The first-order chi connectivity index (χ1) is 8.18. The molecule has 1 aromatic carbocycles. The maximum Gasteiger partial charge on any atom is 0.0693 e. The average molecular weight is 254 g/mol. The lowest BCUT2D eigenvalue weighted by molar-refractivity contribution is 0.0860. The summed E-state index contributed by atoms with van der Waals surface area (Å²) in [6.07, 6.45) is 4.08. The summed E-state index contributed by atoms with van der Waals surface area (Å²) in [6.45, 7) is 2.10. The minimum Gasteiger partial charge on any atom is -0.392 e. The second kappa shape index (κ2) is 5.85. The fraction of sp³-hybridized carbons (Fsp3) is 0.571. The normalized spacial score (nSPS) is 26.8. The number of hydrogen-bond donors (Lipinski definition) is 2. The first-order valence-corrected chi connectivity index (χ1v) is 6.75. The highest BCUT2D eigenvalue weighted by Gasteiger charge is 2.24. The summed E-state index contributed by atoms with van der Waals surface area (Å²) in [4.78, 5) is 0. The minimum absolute atomic E-state index is 0.182. The first kappa shape index (κ1) is 12.9. The molecule has 2 nitrogen and oxygen atoms in total. The van der Waals surface area contributed by atoms with Gasteiger partial charge in [0.15, 0.2) is 0 Å². The van der Waals surface area contributed by atoms with Crippen molar-refractivity contribution in [2.24, 2.45) is 0 Å². The Morgan fingerprint density at radius 1 is 1.29 bits per heavy atom. The second-order valence-corrected chi connectivity index (χ2v) is 5.28. The third-order valence-electron chi connectivity index (χ3n) is 3.57. The molecule has 1 aliphatic carbocycles. The molecule has 1 fully saturated rings. The maximum absolute atomic E-state index is 9.94. The summed E-state index contributed by atoms with van der Waals surface area (Å²) in [7, 11) is 0. The smallest absolute Gasteiger partial charge is 0.0693 e. The molecular formula is C14H20ClNO. The van der Waals surface area contributed by atoms with Crippen molar-refractivity contribution < 1.29 is 5.11 Å². The Kier molecular flexibility index (Phi) is 4.43. The van der Waals surface area contributed by atoms with Crippen molar-refractivity contribution in [2.45, 2.75) is 50.8 Å². The van der Waals surface area contributed by atoms with Crippen molar-refractivity contribution in [1.29, 1.82) is 0 Å². The van der Waals surface area contributed by atoms with Crippen LogP contribution in [-0.4, -0.2) is 17.3 Å². The van der Waals surface area contributed by atoms with E-state index in [4.69, 9.17) is 11.6 Å². The molecule has 0 heterocycles. The molecule has 0 unspecified atom stereocenters. The van der Waals surface area contributed by atoms with Crippen LogP contribution in [0, 0.1) is 0 Å². The summed E-state index contributed by atoms with van der Waals surface area (Å²) in [6, 6.07) is 8.27. The fourth-order valence-electron chi connectivity index (χ4n) is 2.54. The fourth-order valence-corrected chi connectivity index (χ4v) is 2.84. The quantitative estimate of drug-likeness (QED) is 0.867. The molecule has 2 N–H and O–H groups in total. The monoisotopic (exact) mass is 253 g/mol. The van der Waals surface area contributed by atoms with E-state index in [0.717, 1.165) is 29.8 Å². The molecule has 17 heavy (non-hydrogen) atoms. The zero-order valence-electron chi connectivity index (χ0n) is 10.2. The van der Waals surface area contributed by atoms with Gasteiger partial charge in [-0.15, -0.1) is 0 Å². The van der Waals surface area contributed by atoms with Gasteiger partial charge < -0.3 is 10.4 Å². The average Bonchev–Trinajstić information content (AvgIpc) is 2.32. The molecule has 0 radical (unpaired) electrons. The van der Waals surface area contributed by atoms with Gasteiger partial charge in [-0.2, -0.15) is 0 Å². The molecule has 1 aliphatic rings. The van der Waals surface area contributed by atoms with Crippen LogP contribution in [-0.2, 0) is 0 Å². The third-order valence-corrected chi connectivity index (χ3v) is 3.91. The minimum atomic E-state index is -0.214. The van der Waals surface area contributed by atoms with Crippen LogP contribution in [0.1, 0.15) is 44.2 Å². The van der Waals surface area contributed by atoms with Crippen molar-refractivity contribution in [2.75, 3.05) is 0 Å². The van der Waals surface area contributed by atoms with E-state index in [0.29, 0.717) is 0 Å². The summed E-state index contributed by atoms with van der Waals surface area (Å²) >= 11 is 6.17. The Morgan fingerprint density at radius 2 is 2.00 bits per heavy atom. The van der Waals surface area contributed by atoms with Crippen LogP contribution in [0.25, 0.3) is 0 Å². The van der Waals surface area contributed by atoms with E-state index in [1.165, 1.54) is 6.42 Å². The number of aliphatic hydroxyl groups is 1. The van der Waals surface area contributed by atoms with Crippen molar-refractivity contribution in [3.05, 3.63) is 34.9 Å². The molecule has 2 rings (SSSR count). The van der Waals surface area contributed by atoms with Gasteiger partial charge in [-0.1, -0.05) is 42.6 Å². The Morgan fingerprint density at radius 3 is 2.71 bits per heavy atom. The van der Waals surface area contributed by atoms with Crippen LogP contribution in [0.15, 0.2) is 24.3 Å². The molecule has 0 saturated heterocycles. The highest BCUT2D eigenvalue weighted by Crippen LogP contribution is 2.25. The molecule has 0 aliphatic heterocycles. The zero-order valence-corrected chi connectivity index (χ0v) is 11.0. The number of hydrogen-bond acceptors (Lipinski definition) is 2. The summed E-state index contributed by atoms with van der Waals surface area (Å²) in [5.74, 6) is 0. The van der Waals surface area contributed by atoms with Gasteiger partial charge in [0.1, 0.15) is 0 Å². The van der Waals surface area contributed by atoms with Crippen molar-refractivity contribution in [3.63, 3.8) is 0 Å². The maximum atomic E-state index is 9.94. The Labute approximate surface area is 108 Å². The molecule has 0 spiro atoms. The van der Waals surface area contributed by atoms with Gasteiger partial charge in [-0.3, -0.25) is 0 Å². The van der Waals surface area contributed by atoms with Gasteiger partial charge in [0.05, 0.1) is 6.10 Å². The highest BCUT2D eigenvalue weighted by atomic mass is 35.5. The van der Waals surface area contributed by atoms with Crippen LogP contribution in [0.5, 0.6) is 0 Å². The number of rotatable bonds is 3. The predicted molar refractivity (Wildman–Crippen MR) is 71.3 cm³/mol. The molecule has 0 amide bonds. The SMILES string of the molecule is C[C@@H](N[C@H]1CCCC[C@@H]1O)c1ccccc1Cl. The van der Waals surface area contributed by atoms with Gasteiger partial charge in [0, 0.05) is 17.1 Å². The highest BCUT2D eigenvalue weighted by molar-refractivity contribution is 6.31. The molecule has 0 bridgehead atoms. The van der Waals surface area contributed by atoms with Gasteiger partial charge in [0.25, 0.3) is 0 Å². The largest absolute Gasteiger partial charge is 0.392 e. The van der Waals surface area contributed by atoms with E-state index in [9.17, 15) is 5.11 Å². The molecular weight excluding hydrogens is 234 g/mol. The van der Waals surface area contributed by atoms with Gasteiger partial charge >= 0.3 is 0 Å².